The fourth-order valence-electron chi connectivity index (χ4n) is 12.7. The zero-order chi connectivity index (χ0) is 42.8. The highest BCUT2D eigenvalue weighted by molar-refractivity contribution is 7.01. The number of rotatable bonds is 3. The molecule has 0 N–H and O–H groups in total. The number of nitrogens with zero attached hydrogens (tertiary/aromatic N) is 3. The van der Waals surface area contributed by atoms with Gasteiger partial charge in [0.25, 0.3) is 6.71 Å². The zero-order valence-electron chi connectivity index (χ0n) is 35.7. The van der Waals surface area contributed by atoms with Crippen LogP contribution >= 0.6 is 0 Å². The van der Waals surface area contributed by atoms with E-state index in [4.69, 9.17) is 0 Å². The van der Waals surface area contributed by atoms with Crippen LogP contribution in [0, 0.1) is 0 Å². The molecule has 0 saturated carbocycles. The molecule has 2 aliphatic heterocycles. The van der Waals surface area contributed by atoms with E-state index in [1.165, 1.54) is 131 Å². The van der Waals surface area contributed by atoms with Crippen LogP contribution in [0.1, 0.15) is 0 Å². The Morgan fingerprint density at radius 1 is 0.318 bits per heavy atom. The standard InChI is InChI=1S/C62H36BN3/c1-3-21-41(22-4-1)64(42-23-5-2-6-24-42)59-48-30-16-15-29-47(48)58-57-62(59)66-52-34-32-38-18-8-12-26-44(38)54(52)56-46-28-14-10-20-40(46)36-50(61(56)66)63(57)49-35-39-19-9-13-27-45(39)55-53-43-25-11-7-17-37(43)31-33-51(53)65(58)60(49)55/h1-36H. The molecule has 0 spiro atoms. The lowest BCUT2D eigenvalue weighted by atomic mass is 9.33. The van der Waals surface area contributed by atoms with Crippen molar-refractivity contribution in [2.75, 3.05) is 4.90 Å². The summed E-state index contributed by atoms with van der Waals surface area (Å²) < 4.78 is 5.37. The van der Waals surface area contributed by atoms with E-state index in [0.717, 1.165) is 11.4 Å². The van der Waals surface area contributed by atoms with Crippen LogP contribution in [0.25, 0.3) is 109 Å². The summed E-state index contributed by atoms with van der Waals surface area (Å²) in [5, 5.41) is 17.9. The molecule has 66 heavy (non-hydrogen) atoms. The van der Waals surface area contributed by atoms with Crippen molar-refractivity contribution in [3.63, 3.8) is 0 Å². The molecular formula is C62H36BN3. The zero-order valence-corrected chi connectivity index (χ0v) is 35.7. The van der Waals surface area contributed by atoms with Crippen LogP contribution in [-0.2, 0) is 0 Å². The van der Waals surface area contributed by atoms with E-state index in [9.17, 15) is 0 Å². The number of anilines is 3. The molecule has 302 valence electrons. The second-order valence-corrected chi connectivity index (χ2v) is 18.3. The summed E-state index contributed by atoms with van der Waals surface area (Å²) in [6, 6.07) is 81.9. The van der Waals surface area contributed by atoms with Crippen molar-refractivity contribution in [1.29, 1.82) is 0 Å². The maximum absolute atomic E-state index is 2.69. The number of hydrogen-bond donors (Lipinski definition) is 0. The monoisotopic (exact) mass is 833 g/mol. The second kappa shape index (κ2) is 12.6. The van der Waals surface area contributed by atoms with Gasteiger partial charge in [-0.25, -0.2) is 0 Å². The molecule has 0 fully saturated rings. The van der Waals surface area contributed by atoms with Crippen LogP contribution < -0.4 is 21.3 Å². The van der Waals surface area contributed by atoms with Crippen LogP contribution in [0.2, 0.25) is 0 Å². The summed E-state index contributed by atoms with van der Waals surface area (Å²) in [6.07, 6.45) is 0. The number of fused-ring (bicyclic) bond motifs is 20. The van der Waals surface area contributed by atoms with Crippen molar-refractivity contribution in [3.8, 4) is 11.4 Å². The third-order valence-electron chi connectivity index (χ3n) is 15.1. The normalized spacial score (nSPS) is 12.8. The minimum atomic E-state index is -0.0860. The van der Waals surface area contributed by atoms with E-state index in [-0.39, 0.29) is 6.71 Å². The minimum absolute atomic E-state index is 0.0860. The first-order valence-corrected chi connectivity index (χ1v) is 23.1. The van der Waals surface area contributed by atoms with Crippen molar-refractivity contribution >= 4 is 138 Å². The maximum Gasteiger partial charge on any atom is 0.252 e. The van der Waals surface area contributed by atoms with Crippen LogP contribution in [0.5, 0.6) is 0 Å². The largest absolute Gasteiger partial charge is 0.310 e. The highest BCUT2D eigenvalue weighted by atomic mass is 15.2. The van der Waals surface area contributed by atoms with E-state index in [2.05, 4.69) is 232 Å². The Morgan fingerprint density at radius 3 is 1.21 bits per heavy atom. The predicted molar refractivity (Wildman–Crippen MR) is 282 cm³/mol. The lowest BCUT2D eigenvalue weighted by Gasteiger charge is -2.39. The van der Waals surface area contributed by atoms with Gasteiger partial charge in [0.15, 0.2) is 0 Å². The molecular weight excluding hydrogens is 798 g/mol. The quantitative estimate of drug-likeness (QED) is 0.162. The van der Waals surface area contributed by atoms with Gasteiger partial charge in [-0.3, -0.25) is 0 Å². The van der Waals surface area contributed by atoms with Crippen molar-refractivity contribution in [2.24, 2.45) is 0 Å². The lowest BCUT2D eigenvalue weighted by molar-refractivity contribution is 1.14. The molecule has 16 rings (SSSR count). The average Bonchev–Trinajstić information content (AvgIpc) is 3.93. The molecule has 2 aromatic heterocycles. The van der Waals surface area contributed by atoms with Gasteiger partial charge in [0, 0.05) is 43.7 Å². The van der Waals surface area contributed by atoms with Crippen molar-refractivity contribution < 1.29 is 0 Å². The molecule has 4 heteroatoms. The first-order valence-electron chi connectivity index (χ1n) is 23.1. The Balaban J connectivity index is 1.24. The minimum Gasteiger partial charge on any atom is -0.310 e. The van der Waals surface area contributed by atoms with Gasteiger partial charge in [0.05, 0.1) is 39.1 Å². The van der Waals surface area contributed by atoms with Crippen molar-refractivity contribution in [2.45, 2.75) is 0 Å². The Hall–Kier alpha value is -8.60. The topological polar surface area (TPSA) is 13.1 Å². The molecule has 0 amide bonds. The Labute approximate surface area is 379 Å². The van der Waals surface area contributed by atoms with Gasteiger partial charge in [-0.15, -0.1) is 0 Å². The van der Waals surface area contributed by atoms with Gasteiger partial charge in [-0.05, 0) is 95.9 Å². The smallest absolute Gasteiger partial charge is 0.252 e. The molecule has 4 heterocycles. The number of aromatic nitrogens is 2. The summed E-state index contributed by atoms with van der Waals surface area (Å²) in [5.41, 5.74) is 15.0. The summed E-state index contributed by atoms with van der Waals surface area (Å²) >= 11 is 0. The van der Waals surface area contributed by atoms with Crippen LogP contribution in [-0.4, -0.2) is 15.8 Å². The number of para-hydroxylation sites is 2. The average molecular weight is 834 g/mol. The van der Waals surface area contributed by atoms with Crippen molar-refractivity contribution in [1.82, 2.24) is 9.13 Å². The van der Waals surface area contributed by atoms with E-state index < -0.39 is 0 Å². The van der Waals surface area contributed by atoms with Crippen LogP contribution in [0.15, 0.2) is 218 Å². The molecule has 12 aromatic carbocycles. The second-order valence-electron chi connectivity index (χ2n) is 18.3. The first kappa shape index (κ1) is 34.8. The van der Waals surface area contributed by atoms with E-state index in [0.29, 0.717) is 0 Å². The highest BCUT2D eigenvalue weighted by Crippen LogP contribution is 2.52. The van der Waals surface area contributed by atoms with Crippen LogP contribution in [0.3, 0.4) is 0 Å². The fourth-order valence-corrected chi connectivity index (χ4v) is 12.7. The molecule has 0 bridgehead atoms. The Morgan fingerprint density at radius 2 is 0.712 bits per heavy atom. The van der Waals surface area contributed by atoms with Crippen LogP contribution in [0.4, 0.5) is 17.1 Å². The van der Waals surface area contributed by atoms with Gasteiger partial charge in [-0.1, -0.05) is 182 Å². The molecule has 0 aliphatic carbocycles. The third-order valence-corrected chi connectivity index (χ3v) is 15.1. The molecule has 0 atom stereocenters. The fraction of sp³-hybridized carbons (Fsp3) is 0. The summed E-state index contributed by atoms with van der Waals surface area (Å²) in [5.74, 6) is 0. The molecule has 0 radical (unpaired) electrons. The van der Waals surface area contributed by atoms with Gasteiger partial charge in [0.2, 0.25) is 0 Å². The third kappa shape index (κ3) is 4.25. The Bertz CT molecular complexity index is 4430. The van der Waals surface area contributed by atoms with Gasteiger partial charge in [0.1, 0.15) is 0 Å². The van der Waals surface area contributed by atoms with E-state index in [1.54, 1.807) is 0 Å². The first-order chi connectivity index (χ1) is 32.8. The number of benzene rings is 12. The molecule has 0 unspecified atom stereocenters. The molecule has 3 nitrogen and oxygen atoms in total. The molecule has 2 aliphatic rings. The van der Waals surface area contributed by atoms with Crippen molar-refractivity contribution in [3.05, 3.63) is 218 Å². The highest BCUT2D eigenvalue weighted by Gasteiger charge is 2.45. The summed E-state index contributed by atoms with van der Waals surface area (Å²) in [6.45, 7) is -0.0860. The van der Waals surface area contributed by atoms with E-state index in [1.807, 2.05) is 0 Å². The van der Waals surface area contributed by atoms with Gasteiger partial charge >= 0.3 is 0 Å². The SMILES string of the molecule is c1ccc(N(c2ccccc2)c2c3c4c(c5ccccc25)-n2c5ccc6ccccc6c5c5c6ccccc6cc(c52)B4c2cc4ccccc4c4c5c6ccccc6ccc5n-3c24)cc1. The Kier molecular flexibility index (Phi) is 6.63. The van der Waals surface area contributed by atoms with Gasteiger partial charge < -0.3 is 14.0 Å². The number of hydrogen-bond acceptors (Lipinski definition) is 1. The van der Waals surface area contributed by atoms with Gasteiger partial charge in [-0.2, -0.15) is 0 Å². The maximum atomic E-state index is 2.69. The predicted octanol–water partition coefficient (Wildman–Crippen LogP) is 14.3. The molecule has 14 aromatic rings. The molecule has 0 saturated heterocycles. The summed E-state index contributed by atoms with van der Waals surface area (Å²) in [7, 11) is 0. The summed E-state index contributed by atoms with van der Waals surface area (Å²) in [4.78, 5) is 2.53. The lowest BCUT2D eigenvalue weighted by Crippen LogP contribution is -2.59. The van der Waals surface area contributed by atoms with E-state index >= 15 is 0 Å².